The van der Waals surface area contributed by atoms with Gasteiger partial charge in [-0.1, -0.05) is 42.5 Å². The summed E-state index contributed by atoms with van der Waals surface area (Å²) in [5.74, 6) is 1.41. The Morgan fingerprint density at radius 1 is 1.00 bits per heavy atom. The minimum atomic E-state index is 0.0457. The highest BCUT2D eigenvalue weighted by Gasteiger charge is 2.22. The van der Waals surface area contributed by atoms with Crippen LogP contribution < -0.4 is 10.1 Å². The number of aliphatic hydroxyl groups excluding tert-OH is 1. The quantitative estimate of drug-likeness (QED) is 0.625. The molecule has 0 bridgehead atoms. The van der Waals surface area contributed by atoms with Gasteiger partial charge in [0.05, 0.1) is 13.2 Å². The molecule has 1 saturated heterocycles. The van der Waals surface area contributed by atoms with Crippen molar-refractivity contribution in [2.24, 2.45) is 5.92 Å². The lowest BCUT2D eigenvalue weighted by Crippen LogP contribution is -2.39. The summed E-state index contributed by atoms with van der Waals surface area (Å²) in [6.45, 7) is 4.61. The van der Waals surface area contributed by atoms with E-state index in [-0.39, 0.29) is 18.4 Å². The molecule has 0 saturated carbocycles. The molecule has 37 heavy (non-hydrogen) atoms. The number of amides is 2. The highest BCUT2D eigenvalue weighted by molar-refractivity contribution is 5.78. The number of benzene rings is 2. The van der Waals surface area contributed by atoms with Crippen molar-refractivity contribution >= 4 is 11.8 Å². The minimum absolute atomic E-state index is 0.0457. The Labute approximate surface area is 220 Å². The summed E-state index contributed by atoms with van der Waals surface area (Å²) in [7, 11) is 0. The summed E-state index contributed by atoms with van der Waals surface area (Å²) >= 11 is 0. The van der Waals surface area contributed by atoms with Crippen LogP contribution in [0.15, 0.2) is 48.5 Å². The van der Waals surface area contributed by atoms with E-state index >= 15 is 0 Å². The van der Waals surface area contributed by atoms with Gasteiger partial charge in [0.25, 0.3) is 0 Å². The summed E-state index contributed by atoms with van der Waals surface area (Å²) in [4.78, 5) is 29.6. The summed E-state index contributed by atoms with van der Waals surface area (Å²) in [6.07, 6.45) is 5.81. The summed E-state index contributed by atoms with van der Waals surface area (Å²) < 4.78 is 6.20. The molecule has 0 aliphatic carbocycles. The van der Waals surface area contributed by atoms with E-state index in [0.29, 0.717) is 51.5 Å². The molecule has 7 heteroatoms. The molecule has 2 aromatic rings. The molecule has 2 N–H and O–H groups in total. The molecule has 2 aromatic carbocycles. The Hall–Kier alpha value is -2.90. The van der Waals surface area contributed by atoms with E-state index in [1.54, 1.807) is 0 Å². The average Bonchev–Trinajstić information content (AvgIpc) is 2.93. The van der Waals surface area contributed by atoms with Crippen LogP contribution in [-0.4, -0.2) is 66.1 Å². The van der Waals surface area contributed by atoms with Gasteiger partial charge in [0.15, 0.2) is 0 Å². The van der Waals surface area contributed by atoms with Crippen LogP contribution in [-0.2, 0) is 29.1 Å². The molecular formula is C30H41N3O4. The second kappa shape index (κ2) is 14.1. The van der Waals surface area contributed by atoms with E-state index in [0.717, 1.165) is 67.6 Å². The standard InChI is InChI=1S/C30H41N3O4/c34-23-26-13-16-33(17-14-26)30(36)12-10-24-9-11-28-27(19-24)21-32(20-25-7-3-1-4-8-25)22-29(35)31-15-5-2-6-18-37-28/h1,3-4,7-9,11,19,26,34H,2,5-6,10,12-18,20-23H2,(H,31,35). The van der Waals surface area contributed by atoms with Crippen molar-refractivity contribution in [1.29, 1.82) is 0 Å². The zero-order valence-electron chi connectivity index (χ0n) is 21.9. The van der Waals surface area contributed by atoms with Gasteiger partial charge in [0.1, 0.15) is 5.75 Å². The third-order valence-electron chi connectivity index (χ3n) is 7.39. The molecule has 7 nitrogen and oxygen atoms in total. The van der Waals surface area contributed by atoms with Crippen molar-refractivity contribution in [1.82, 2.24) is 15.1 Å². The molecule has 200 valence electrons. The van der Waals surface area contributed by atoms with E-state index in [2.05, 4.69) is 34.5 Å². The Morgan fingerprint density at radius 2 is 1.81 bits per heavy atom. The number of carbonyl (C=O) groups is 2. The first-order valence-electron chi connectivity index (χ1n) is 13.8. The predicted octanol–water partition coefficient (Wildman–Crippen LogP) is 3.53. The van der Waals surface area contributed by atoms with Gasteiger partial charge in [-0.05, 0) is 61.6 Å². The highest BCUT2D eigenvalue weighted by atomic mass is 16.5. The first-order valence-corrected chi connectivity index (χ1v) is 13.8. The maximum absolute atomic E-state index is 12.8. The highest BCUT2D eigenvalue weighted by Crippen LogP contribution is 2.25. The topological polar surface area (TPSA) is 82.1 Å². The van der Waals surface area contributed by atoms with Crippen molar-refractivity contribution in [3.8, 4) is 5.75 Å². The summed E-state index contributed by atoms with van der Waals surface area (Å²) in [5, 5.41) is 12.4. The zero-order valence-corrected chi connectivity index (χ0v) is 21.9. The van der Waals surface area contributed by atoms with E-state index in [9.17, 15) is 14.7 Å². The maximum Gasteiger partial charge on any atom is 0.234 e. The van der Waals surface area contributed by atoms with Crippen molar-refractivity contribution in [3.63, 3.8) is 0 Å². The number of ether oxygens (including phenoxy) is 1. The molecule has 2 aliphatic heterocycles. The van der Waals surface area contributed by atoms with Gasteiger partial charge in [-0.2, -0.15) is 0 Å². The number of aryl methyl sites for hydroxylation is 1. The van der Waals surface area contributed by atoms with Gasteiger partial charge in [0.2, 0.25) is 11.8 Å². The average molecular weight is 508 g/mol. The Kier molecular flexibility index (Phi) is 10.4. The van der Waals surface area contributed by atoms with Gasteiger partial charge >= 0.3 is 0 Å². The molecule has 0 atom stereocenters. The van der Waals surface area contributed by atoms with Crippen LogP contribution in [0, 0.1) is 5.92 Å². The molecule has 4 rings (SSSR count). The number of hydrogen-bond donors (Lipinski definition) is 2. The number of fused-ring (bicyclic) bond motifs is 1. The third-order valence-corrected chi connectivity index (χ3v) is 7.39. The van der Waals surface area contributed by atoms with Crippen molar-refractivity contribution in [3.05, 3.63) is 65.2 Å². The number of nitrogens with zero attached hydrogens (tertiary/aromatic N) is 2. The van der Waals surface area contributed by atoms with Crippen molar-refractivity contribution < 1.29 is 19.4 Å². The molecular weight excluding hydrogens is 466 g/mol. The first kappa shape index (κ1) is 27.1. The van der Waals surface area contributed by atoms with Crippen LogP contribution in [0.5, 0.6) is 5.75 Å². The number of likely N-dealkylation sites (tertiary alicyclic amines) is 1. The lowest BCUT2D eigenvalue weighted by Gasteiger charge is -2.31. The number of aliphatic hydroxyl groups is 1. The Balaban J connectivity index is 1.46. The molecule has 0 spiro atoms. The fourth-order valence-electron chi connectivity index (χ4n) is 5.15. The first-order chi connectivity index (χ1) is 18.1. The molecule has 0 radical (unpaired) electrons. The third kappa shape index (κ3) is 8.58. The van der Waals surface area contributed by atoms with Gasteiger partial charge in [-0.15, -0.1) is 0 Å². The SMILES string of the molecule is O=C1CN(Cc2ccccc2)Cc2cc(CCC(=O)N3CCC(CO)CC3)ccc2OCCCCCN1. The zero-order chi connectivity index (χ0) is 25.9. The monoisotopic (exact) mass is 507 g/mol. The van der Waals surface area contributed by atoms with Crippen molar-refractivity contribution in [2.75, 3.05) is 39.4 Å². The van der Waals surface area contributed by atoms with Gasteiger partial charge < -0.3 is 20.1 Å². The fraction of sp³-hybridized carbons (Fsp3) is 0.533. The molecule has 0 aromatic heterocycles. The molecule has 1 fully saturated rings. The summed E-state index contributed by atoms with van der Waals surface area (Å²) in [5.41, 5.74) is 3.32. The van der Waals surface area contributed by atoms with Crippen LogP contribution in [0.4, 0.5) is 0 Å². The van der Waals surface area contributed by atoms with Crippen LogP contribution in [0.1, 0.15) is 55.2 Å². The number of hydrogen-bond acceptors (Lipinski definition) is 5. The second-order valence-corrected chi connectivity index (χ2v) is 10.3. The molecule has 0 unspecified atom stereocenters. The number of rotatable bonds is 6. The molecule has 2 amide bonds. The Bertz CT molecular complexity index is 1010. The van der Waals surface area contributed by atoms with Crippen LogP contribution >= 0.6 is 0 Å². The van der Waals surface area contributed by atoms with E-state index in [1.807, 2.05) is 29.2 Å². The van der Waals surface area contributed by atoms with Gasteiger partial charge in [-0.25, -0.2) is 0 Å². The number of piperidine rings is 1. The van der Waals surface area contributed by atoms with Gasteiger partial charge in [-0.3, -0.25) is 14.5 Å². The maximum atomic E-state index is 12.8. The minimum Gasteiger partial charge on any atom is -0.493 e. The predicted molar refractivity (Wildman–Crippen MR) is 144 cm³/mol. The van der Waals surface area contributed by atoms with E-state index in [4.69, 9.17) is 4.74 Å². The summed E-state index contributed by atoms with van der Waals surface area (Å²) in [6, 6.07) is 16.5. The van der Waals surface area contributed by atoms with Crippen LogP contribution in [0.2, 0.25) is 0 Å². The van der Waals surface area contributed by atoms with Crippen LogP contribution in [0.25, 0.3) is 0 Å². The van der Waals surface area contributed by atoms with E-state index in [1.165, 1.54) is 0 Å². The lowest BCUT2D eigenvalue weighted by atomic mass is 9.97. The lowest BCUT2D eigenvalue weighted by molar-refractivity contribution is -0.132. The normalized spacial score (nSPS) is 18.5. The second-order valence-electron chi connectivity index (χ2n) is 10.3. The number of nitrogens with one attached hydrogen (secondary N) is 1. The van der Waals surface area contributed by atoms with E-state index < -0.39 is 0 Å². The Morgan fingerprint density at radius 3 is 2.59 bits per heavy atom. The molecule has 2 aliphatic rings. The van der Waals surface area contributed by atoms with Crippen LogP contribution in [0.3, 0.4) is 0 Å². The van der Waals surface area contributed by atoms with Crippen molar-refractivity contribution in [2.45, 2.75) is 58.0 Å². The smallest absolute Gasteiger partial charge is 0.234 e. The van der Waals surface area contributed by atoms with Gasteiger partial charge in [0, 0.05) is 51.3 Å². The fourth-order valence-corrected chi connectivity index (χ4v) is 5.15. The number of carbonyl (C=O) groups excluding carboxylic acids is 2. The largest absolute Gasteiger partial charge is 0.493 e. The molecule has 2 heterocycles.